The van der Waals surface area contributed by atoms with Gasteiger partial charge in [0.05, 0.1) is 23.8 Å². The van der Waals surface area contributed by atoms with Gasteiger partial charge in [0.25, 0.3) is 5.91 Å². The molecule has 1 amide bonds. The minimum Gasteiger partial charge on any atom is -0.463 e. The molecule has 0 bridgehead atoms. The number of esters is 1. The molecule has 0 aliphatic heterocycles. The highest BCUT2D eigenvalue weighted by Crippen LogP contribution is 2.37. The van der Waals surface area contributed by atoms with Crippen molar-refractivity contribution in [1.29, 1.82) is 0 Å². The molecule has 182 valence electrons. The molecular formula is C24H21F6NO3. The Morgan fingerprint density at radius 1 is 1.03 bits per heavy atom. The molecule has 1 atom stereocenters. The fourth-order valence-electron chi connectivity index (χ4n) is 3.77. The van der Waals surface area contributed by atoms with Gasteiger partial charge in [0.2, 0.25) is 0 Å². The van der Waals surface area contributed by atoms with Gasteiger partial charge in [0, 0.05) is 11.6 Å². The Balaban J connectivity index is 1.85. The van der Waals surface area contributed by atoms with E-state index in [9.17, 15) is 35.9 Å². The Kier molecular flexibility index (Phi) is 7.38. The number of nitrogens with one attached hydrogen (secondary N) is 1. The van der Waals surface area contributed by atoms with E-state index < -0.39 is 47.0 Å². The first-order chi connectivity index (χ1) is 15.9. The lowest BCUT2D eigenvalue weighted by molar-refractivity contribution is -0.143. The Bertz CT molecular complexity index is 1070. The zero-order valence-electron chi connectivity index (χ0n) is 18.0. The number of carbonyl (C=O) groups excluding carboxylic acids is 2. The van der Waals surface area contributed by atoms with Gasteiger partial charge < -0.3 is 10.1 Å². The highest BCUT2D eigenvalue weighted by atomic mass is 19.4. The number of rotatable bonds is 5. The molecule has 34 heavy (non-hydrogen) atoms. The van der Waals surface area contributed by atoms with Crippen LogP contribution in [-0.2, 0) is 28.3 Å². The molecule has 0 saturated heterocycles. The van der Waals surface area contributed by atoms with Crippen LogP contribution in [0.25, 0.3) is 6.08 Å². The first-order valence-corrected chi connectivity index (χ1v) is 10.5. The van der Waals surface area contributed by atoms with Crippen LogP contribution in [0.2, 0.25) is 0 Å². The number of aryl methyl sites for hydroxylation is 1. The molecule has 2 aromatic carbocycles. The highest BCUT2D eigenvalue weighted by Gasteiger charge is 2.37. The summed E-state index contributed by atoms with van der Waals surface area (Å²) in [5, 5.41) is 2.57. The van der Waals surface area contributed by atoms with E-state index in [1.54, 1.807) is 25.1 Å². The van der Waals surface area contributed by atoms with E-state index in [4.69, 9.17) is 4.74 Å². The lowest BCUT2D eigenvalue weighted by atomic mass is 9.86. The monoisotopic (exact) mass is 485 g/mol. The third kappa shape index (κ3) is 6.18. The number of hydrogen-bond acceptors (Lipinski definition) is 3. The summed E-state index contributed by atoms with van der Waals surface area (Å²) in [5.74, 6) is -1.52. The SMILES string of the molecule is CCOC(=O)/C=C/c1ccc2c(c1)CCCC2NC(=O)c1cc(C(F)(F)F)cc(C(F)(F)F)c1. The average molecular weight is 485 g/mol. The fraction of sp³-hybridized carbons (Fsp3) is 0.333. The quantitative estimate of drug-likeness (QED) is 0.316. The molecular weight excluding hydrogens is 464 g/mol. The predicted octanol–water partition coefficient (Wildman–Crippen LogP) is 6.11. The minimum atomic E-state index is -5.04. The normalized spacial score (nSPS) is 16.3. The topological polar surface area (TPSA) is 55.4 Å². The number of hydrogen-bond donors (Lipinski definition) is 1. The molecule has 0 aromatic heterocycles. The zero-order valence-corrected chi connectivity index (χ0v) is 18.0. The summed E-state index contributed by atoms with van der Waals surface area (Å²) in [5.41, 5.74) is -1.52. The molecule has 0 saturated carbocycles. The van der Waals surface area contributed by atoms with Crippen LogP contribution in [0.1, 0.15) is 64.0 Å². The average Bonchev–Trinajstić information content (AvgIpc) is 2.76. The van der Waals surface area contributed by atoms with Crippen LogP contribution < -0.4 is 5.32 Å². The maximum atomic E-state index is 13.1. The Morgan fingerprint density at radius 3 is 2.26 bits per heavy atom. The second-order valence-corrected chi connectivity index (χ2v) is 7.76. The number of ether oxygens (including phenoxy) is 1. The number of benzene rings is 2. The number of fused-ring (bicyclic) bond motifs is 1. The second-order valence-electron chi connectivity index (χ2n) is 7.76. The second kappa shape index (κ2) is 9.90. The smallest absolute Gasteiger partial charge is 0.416 e. The molecule has 1 unspecified atom stereocenters. The molecule has 3 rings (SSSR count). The summed E-state index contributed by atoms with van der Waals surface area (Å²) in [7, 11) is 0. The van der Waals surface area contributed by atoms with Crippen molar-refractivity contribution in [3.63, 3.8) is 0 Å². The van der Waals surface area contributed by atoms with Crippen molar-refractivity contribution in [3.8, 4) is 0 Å². The third-order valence-corrected chi connectivity index (χ3v) is 5.34. The van der Waals surface area contributed by atoms with Crippen LogP contribution in [0, 0.1) is 0 Å². The Hall–Kier alpha value is -3.30. The fourth-order valence-corrected chi connectivity index (χ4v) is 3.77. The van der Waals surface area contributed by atoms with E-state index in [0.29, 0.717) is 37.0 Å². The van der Waals surface area contributed by atoms with Gasteiger partial charge in [0.1, 0.15) is 0 Å². The summed E-state index contributed by atoms with van der Waals surface area (Å²) >= 11 is 0. The van der Waals surface area contributed by atoms with Crippen molar-refractivity contribution < 1.29 is 40.7 Å². The molecule has 1 N–H and O–H groups in total. The summed E-state index contributed by atoms with van der Waals surface area (Å²) in [6, 6.07) is 5.47. The summed E-state index contributed by atoms with van der Waals surface area (Å²) in [4.78, 5) is 24.2. The van der Waals surface area contributed by atoms with Gasteiger partial charge in [-0.2, -0.15) is 26.3 Å². The van der Waals surface area contributed by atoms with Gasteiger partial charge in [0.15, 0.2) is 0 Å². The lowest BCUT2D eigenvalue weighted by Gasteiger charge is -2.27. The summed E-state index contributed by atoms with van der Waals surface area (Å²) < 4.78 is 83.5. The predicted molar refractivity (Wildman–Crippen MR) is 112 cm³/mol. The molecule has 2 aromatic rings. The van der Waals surface area contributed by atoms with Crippen LogP contribution in [0.15, 0.2) is 42.5 Å². The Labute approximate surface area is 191 Å². The van der Waals surface area contributed by atoms with Gasteiger partial charge in [-0.3, -0.25) is 4.79 Å². The van der Waals surface area contributed by atoms with Crippen LogP contribution in [-0.4, -0.2) is 18.5 Å². The van der Waals surface area contributed by atoms with Crippen molar-refractivity contribution >= 4 is 18.0 Å². The van der Waals surface area contributed by atoms with Crippen molar-refractivity contribution in [2.24, 2.45) is 0 Å². The van der Waals surface area contributed by atoms with E-state index in [1.807, 2.05) is 6.07 Å². The van der Waals surface area contributed by atoms with E-state index in [2.05, 4.69) is 5.32 Å². The van der Waals surface area contributed by atoms with Gasteiger partial charge in [-0.25, -0.2) is 4.79 Å². The molecule has 0 spiro atoms. The number of amides is 1. The van der Waals surface area contributed by atoms with Gasteiger partial charge >= 0.3 is 18.3 Å². The van der Waals surface area contributed by atoms with Gasteiger partial charge in [-0.1, -0.05) is 18.2 Å². The van der Waals surface area contributed by atoms with Crippen molar-refractivity contribution in [2.75, 3.05) is 6.61 Å². The molecule has 10 heteroatoms. The van der Waals surface area contributed by atoms with Crippen LogP contribution in [0.4, 0.5) is 26.3 Å². The van der Waals surface area contributed by atoms with E-state index in [1.165, 1.54) is 6.08 Å². The van der Waals surface area contributed by atoms with Gasteiger partial charge in [-0.15, -0.1) is 0 Å². The van der Waals surface area contributed by atoms with E-state index in [0.717, 1.165) is 11.1 Å². The molecule has 0 radical (unpaired) electrons. The Morgan fingerprint density at radius 2 is 1.68 bits per heavy atom. The van der Waals surface area contributed by atoms with Crippen molar-refractivity contribution in [3.05, 3.63) is 75.9 Å². The van der Waals surface area contributed by atoms with E-state index >= 15 is 0 Å². The largest absolute Gasteiger partial charge is 0.463 e. The van der Waals surface area contributed by atoms with E-state index in [-0.39, 0.29) is 12.7 Å². The van der Waals surface area contributed by atoms with Crippen molar-refractivity contribution in [2.45, 2.75) is 44.6 Å². The highest BCUT2D eigenvalue weighted by molar-refractivity contribution is 5.95. The number of alkyl halides is 6. The summed E-state index contributed by atoms with van der Waals surface area (Å²) in [6.07, 6.45) is -5.44. The molecule has 0 fully saturated rings. The molecule has 0 heterocycles. The minimum absolute atomic E-state index is 0.0158. The van der Waals surface area contributed by atoms with Crippen molar-refractivity contribution in [1.82, 2.24) is 5.32 Å². The summed E-state index contributed by atoms with van der Waals surface area (Å²) in [6.45, 7) is 1.92. The van der Waals surface area contributed by atoms with Crippen LogP contribution >= 0.6 is 0 Å². The van der Waals surface area contributed by atoms with Crippen LogP contribution in [0.5, 0.6) is 0 Å². The molecule has 1 aliphatic rings. The third-order valence-electron chi connectivity index (χ3n) is 5.34. The van der Waals surface area contributed by atoms with Crippen LogP contribution in [0.3, 0.4) is 0 Å². The first-order valence-electron chi connectivity index (χ1n) is 10.5. The van der Waals surface area contributed by atoms with Gasteiger partial charge in [-0.05, 0) is 67.2 Å². The number of halogens is 6. The molecule has 1 aliphatic carbocycles. The standard InChI is InChI=1S/C24H21F6NO3/c1-2-34-21(32)9-7-14-6-8-19-15(10-14)4-3-5-20(19)31-22(33)16-11-17(23(25,26)27)13-18(12-16)24(28,29)30/h6-13,20H,2-5H2,1H3,(H,31,33)/b9-7+. The lowest BCUT2D eigenvalue weighted by Crippen LogP contribution is -2.31. The molecule has 4 nitrogen and oxygen atoms in total. The zero-order chi connectivity index (χ0) is 25.1. The number of carbonyl (C=O) groups is 2. The maximum Gasteiger partial charge on any atom is 0.416 e. The first kappa shape index (κ1) is 25.3. The maximum absolute atomic E-state index is 13.1.